The molecule has 170 valence electrons. The molecule has 0 bridgehead atoms. The molecule has 3 atom stereocenters. The third kappa shape index (κ3) is 4.60. The minimum atomic E-state index is -0.790. The van der Waals surface area contributed by atoms with Crippen molar-refractivity contribution < 1.29 is 24.1 Å². The second-order valence-corrected chi connectivity index (χ2v) is 8.86. The van der Waals surface area contributed by atoms with Gasteiger partial charge in [0.1, 0.15) is 5.75 Å². The van der Waals surface area contributed by atoms with Crippen LogP contribution in [0.5, 0.6) is 17.2 Å². The van der Waals surface area contributed by atoms with Crippen molar-refractivity contribution in [2.75, 3.05) is 27.0 Å². The summed E-state index contributed by atoms with van der Waals surface area (Å²) in [5, 5.41) is 10.3. The molecule has 0 saturated carbocycles. The van der Waals surface area contributed by atoms with Crippen LogP contribution in [-0.2, 0) is 4.79 Å². The number of ether oxygens (including phenoxy) is 3. The molecule has 0 unspecified atom stereocenters. The van der Waals surface area contributed by atoms with Gasteiger partial charge >= 0.3 is 5.97 Å². The van der Waals surface area contributed by atoms with E-state index in [1.54, 1.807) is 7.11 Å². The Labute approximate surface area is 189 Å². The average molecular weight is 438 g/mol. The molecule has 0 aliphatic carbocycles. The molecule has 1 fully saturated rings. The molecule has 1 N–H and O–H groups in total. The van der Waals surface area contributed by atoms with Crippen molar-refractivity contribution in [1.29, 1.82) is 0 Å². The minimum absolute atomic E-state index is 0.160. The molecule has 4 rings (SSSR count). The summed E-state index contributed by atoms with van der Waals surface area (Å²) in [4.78, 5) is 14.8. The molecule has 2 aromatic carbocycles. The number of carboxylic acids is 1. The topological polar surface area (TPSA) is 68.2 Å². The molecule has 0 spiro atoms. The first-order valence-corrected chi connectivity index (χ1v) is 11.1. The lowest BCUT2D eigenvalue weighted by atomic mass is 9.82. The first kappa shape index (κ1) is 22.2. The number of benzene rings is 2. The Bertz CT molecular complexity index is 969. The zero-order valence-electron chi connectivity index (χ0n) is 18.9. The van der Waals surface area contributed by atoms with Gasteiger partial charge in [0.15, 0.2) is 11.5 Å². The van der Waals surface area contributed by atoms with Crippen molar-refractivity contribution in [1.82, 2.24) is 4.90 Å². The number of aliphatic carboxylic acids is 1. The maximum atomic E-state index is 12.6. The number of hydrogen-bond acceptors (Lipinski definition) is 5. The van der Waals surface area contributed by atoms with Gasteiger partial charge in [-0.3, -0.25) is 9.69 Å². The van der Waals surface area contributed by atoms with Crippen LogP contribution in [0.1, 0.15) is 43.4 Å². The van der Waals surface area contributed by atoms with E-state index in [0.29, 0.717) is 30.5 Å². The van der Waals surface area contributed by atoms with Crippen LogP contribution in [0.25, 0.3) is 0 Å². The Balaban J connectivity index is 1.68. The van der Waals surface area contributed by atoms with Gasteiger partial charge < -0.3 is 19.3 Å². The number of carboxylic acid groups (broad SMARTS) is 1. The number of fused-ring (bicyclic) bond motifs is 1. The summed E-state index contributed by atoms with van der Waals surface area (Å²) >= 11 is 0. The number of rotatable bonds is 8. The third-order valence-electron chi connectivity index (χ3n) is 6.28. The highest BCUT2D eigenvalue weighted by molar-refractivity contribution is 5.74. The molecule has 0 radical (unpaired) electrons. The van der Waals surface area contributed by atoms with Crippen LogP contribution in [0.15, 0.2) is 54.6 Å². The summed E-state index contributed by atoms with van der Waals surface area (Å²) in [5.41, 5.74) is 1.95. The SMILES string of the molecule is COc1ccc([C@@H]2[C@@H](C(=O)O)[C@@H](c3ccc4c(c3)OCO4)CN2C/C=C/CC(C)C)cc1. The van der Waals surface area contributed by atoms with Gasteiger partial charge in [-0.15, -0.1) is 0 Å². The van der Waals surface area contributed by atoms with Crippen LogP contribution in [-0.4, -0.2) is 43.0 Å². The van der Waals surface area contributed by atoms with Crippen LogP contribution < -0.4 is 14.2 Å². The van der Waals surface area contributed by atoms with Gasteiger partial charge in [0.25, 0.3) is 0 Å². The molecule has 0 amide bonds. The fourth-order valence-electron chi connectivity index (χ4n) is 4.68. The standard InChI is InChI=1S/C26H31NO5/c1-17(2)6-4-5-13-27-15-21(19-9-12-22-23(14-19)32-16-31-22)24(26(28)29)25(27)18-7-10-20(30-3)11-8-18/h4-5,7-12,14,17,21,24-25H,6,13,15-16H2,1-3H3,(H,28,29)/b5-4+/t21-,24+,25-/m1/s1. The van der Waals surface area contributed by atoms with E-state index in [2.05, 4.69) is 30.9 Å². The summed E-state index contributed by atoms with van der Waals surface area (Å²) in [6.45, 7) is 5.94. The Kier molecular flexibility index (Phi) is 6.70. The second kappa shape index (κ2) is 9.65. The molecule has 2 aromatic rings. The summed E-state index contributed by atoms with van der Waals surface area (Å²) < 4.78 is 16.3. The normalized spacial score (nSPS) is 22.7. The van der Waals surface area contributed by atoms with Crippen LogP contribution in [0.3, 0.4) is 0 Å². The van der Waals surface area contributed by atoms with Gasteiger partial charge in [-0.25, -0.2) is 0 Å². The van der Waals surface area contributed by atoms with E-state index in [0.717, 1.165) is 23.3 Å². The second-order valence-electron chi connectivity index (χ2n) is 8.86. The minimum Gasteiger partial charge on any atom is -0.497 e. The van der Waals surface area contributed by atoms with E-state index >= 15 is 0 Å². The molecule has 2 aliphatic rings. The fourth-order valence-corrected chi connectivity index (χ4v) is 4.68. The predicted octanol–water partition coefficient (Wildman–Crippen LogP) is 4.87. The van der Waals surface area contributed by atoms with Gasteiger partial charge in [0, 0.05) is 25.0 Å². The largest absolute Gasteiger partial charge is 0.497 e. The average Bonchev–Trinajstić information content (AvgIpc) is 3.40. The first-order valence-electron chi connectivity index (χ1n) is 11.1. The fraction of sp³-hybridized carbons (Fsp3) is 0.423. The van der Waals surface area contributed by atoms with Crippen molar-refractivity contribution >= 4 is 5.97 Å². The molecular weight excluding hydrogens is 406 g/mol. The highest BCUT2D eigenvalue weighted by atomic mass is 16.7. The number of methoxy groups -OCH3 is 1. The van der Waals surface area contributed by atoms with Crippen molar-refractivity contribution in [3.05, 3.63) is 65.7 Å². The maximum Gasteiger partial charge on any atom is 0.309 e. The highest BCUT2D eigenvalue weighted by Gasteiger charge is 2.47. The quantitative estimate of drug-likeness (QED) is 0.595. The molecule has 1 saturated heterocycles. The molecule has 2 heterocycles. The van der Waals surface area contributed by atoms with E-state index < -0.39 is 11.9 Å². The van der Waals surface area contributed by atoms with Crippen molar-refractivity contribution in [3.63, 3.8) is 0 Å². The lowest BCUT2D eigenvalue weighted by molar-refractivity contribution is -0.143. The summed E-state index contributed by atoms with van der Waals surface area (Å²) in [6.07, 6.45) is 5.37. The van der Waals surface area contributed by atoms with Crippen LogP contribution in [0.2, 0.25) is 0 Å². The Hall–Kier alpha value is -2.99. The van der Waals surface area contributed by atoms with Crippen molar-refractivity contribution in [2.45, 2.75) is 32.2 Å². The summed E-state index contributed by atoms with van der Waals surface area (Å²) in [7, 11) is 1.63. The lowest BCUT2D eigenvalue weighted by Crippen LogP contribution is -2.29. The monoisotopic (exact) mass is 437 g/mol. The van der Waals surface area contributed by atoms with E-state index in [4.69, 9.17) is 14.2 Å². The van der Waals surface area contributed by atoms with Crippen LogP contribution in [0.4, 0.5) is 0 Å². The van der Waals surface area contributed by atoms with E-state index in [1.165, 1.54) is 0 Å². The number of likely N-dealkylation sites (tertiary alicyclic amines) is 1. The lowest BCUT2D eigenvalue weighted by Gasteiger charge is -2.26. The van der Waals surface area contributed by atoms with Crippen LogP contribution in [0, 0.1) is 11.8 Å². The maximum absolute atomic E-state index is 12.6. The van der Waals surface area contributed by atoms with Crippen molar-refractivity contribution in [3.8, 4) is 17.2 Å². The molecule has 6 nitrogen and oxygen atoms in total. The molecule has 0 aromatic heterocycles. The van der Waals surface area contributed by atoms with Gasteiger partial charge in [-0.2, -0.15) is 0 Å². The number of allylic oxidation sites excluding steroid dienone is 1. The molecular formula is C26H31NO5. The van der Waals surface area contributed by atoms with Crippen molar-refractivity contribution in [2.24, 2.45) is 11.8 Å². The van der Waals surface area contributed by atoms with E-state index in [1.807, 2.05) is 42.5 Å². The number of nitrogens with zero attached hydrogens (tertiary/aromatic N) is 1. The number of carbonyl (C=O) groups is 1. The van der Waals surface area contributed by atoms with Gasteiger partial charge in [-0.1, -0.05) is 44.2 Å². The van der Waals surface area contributed by atoms with E-state index in [9.17, 15) is 9.90 Å². The summed E-state index contributed by atoms with van der Waals surface area (Å²) in [5.74, 6) is 1.21. The zero-order valence-corrected chi connectivity index (χ0v) is 18.9. The Morgan fingerprint density at radius 2 is 1.84 bits per heavy atom. The Morgan fingerprint density at radius 1 is 1.12 bits per heavy atom. The Morgan fingerprint density at radius 3 is 2.53 bits per heavy atom. The third-order valence-corrected chi connectivity index (χ3v) is 6.28. The van der Waals surface area contributed by atoms with Gasteiger partial charge in [0.2, 0.25) is 6.79 Å². The predicted molar refractivity (Wildman–Crippen MR) is 122 cm³/mol. The van der Waals surface area contributed by atoms with Gasteiger partial charge in [-0.05, 0) is 47.7 Å². The molecule has 2 aliphatic heterocycles. The zero-order chi connectivity index (χ0) is 22.7. The first-order chi connectivity index (χ1) is 15.5. The molecule has 6 heteroatoms. The van der Waals surface area contributed by atoms with Gasteiger partial charge in [0.05, 0.1) is 13.0 Å². The molecule has 32 heavy (non-hydrogen) atoms. The highest BCUT2D eigenvalue weighted by Crippen LogP contribution is 2.47. The van der Waals surface area contributed by atoms with Crippen LogP contribution >= 0.6 is 0 Å². The smallest absolute Gasteiger partial charge is 0.309 e. The van der Waals surface area contributed by atoms with E-state index in [-0.39, 0.29) is 18.8 Å². The number of hydrogen-bond donors (Lipinski definition) is 1. The summed E-state index contributed by atoms with van der Waals surface area (Å²) in [6, 6.07) is 13.3.